The topological polar surface area (TPSA) is 38.3 Å². The van der Waals surface area contributed by atoms with Crippen molar-refractivity contribution in [1.29, 1.82) is 0 Å². The van der Waals surface area contributed by atoms with Crippen molar-refractivity contribution in [2.24, 2.45) is 0 Å². The molecule has 3 nitrogen and oxygen atoms in total. The van der Waals surface area contributed by atoms with E-state index in [-0.39, 0.29) is 12.0 Å². The van der Waals surface area contributed by atoms with Gasteiger partial charge in [0.25, 0.3) is 0 Å². The second kappa shape index (κ2) is 5.23. The maximum atomic E-state index is 10.8. The van der Waals surface area contributed by atoms with Gasteiger partial charge in [-0.1, -0.05) is 6.92 Å². The minimum atomic E-state index is -0.177. The van der Waals surface area contributed by atoms with Crippen LogP contribution < -0.4 is 5.32 Å². The lowest BCUT2D eigenvalue weighted by atomic mass is 10.3. The van der Waals surface area contributed by atoms with Crippen LogP contribution in [0.5, 0.6) is 0 Å². The molecule has 10 heavy (non-hydrogen) atoms. The Hall–Kier alpha value is -0.570. The number of rotatable bonds is 4. The zero-order valence-corrected chi connectivity index (χ0v) is 6.81. The molecule has 0 heterocycles. The second-order valence-corrected chi connectivity index (χ2v) is 2.03. The molecule has 0 bridgehead atoms. The van der Waals surface area contributed by atoms with Gasteiger partial charge in [-0.3, -0.25) is 4.79 Å². The highest BCUT2D eigenvalue weighted by molar-refractivity contribution is 5.75. The SMILES string of the molecule is CCN[C@H](C)C(=O)OCC. The number of carbonyl (C=O) groups is 1. The van der Waals surface area contributed by atoms with Crippen molar-refractivity contribution >= 4 is 5.97 Å². The molecule has 0 saturated carbocycles. The second-order valence-electron chi connectivity index (χ2n) is 2.03. The smallest absolute Gasteiger partial charge is 0.322 e. The third-order valence-corrected chi connectivity index (χ3v) is 1.15. The highest BCUT2D eigenvalue weighted by atomic mass is 16.5. The minimum absolute atomic E-state index is 0.176. The normalized spacial score (nSPS) is 12.7. The van der Waals surface area contributed by atoms with Crippen LogP contribution >= 0.6 is 0 Å². The van der Waals surface area contributed by atoms with Crippen LogP contribution in [0, 0.1) is 0 Å². The molecule has 0 radical (unpaired) electrons. The molecule has 1 atom stereocenters. The van der Waals surface area contributed by atoms with E-state index in [9.17, 15) is 4.79 Å². The molecule has 1 N–H and O–H groups in total. The molecule has 0 rings (SSSR count). The molecule has 0 aromatic carbocycles. The van der Waals surface area contributed by atoms with Gasteiger partial charge in [0.05, 0.1) is 6.61 Å². The third-order valence-electron chi connectivity index (χ3n) is 1.15. The fraction of sp³-hybridized carbons (Fsp3) is 0.857. The lowest BCUT2D eigenvalue weighted by Crippen LogP contribution is -2.35. The van der Waals surface area contributed by atoms with E-state index >= 15 is 0 Å². The summed E-state index contributed by atoms with van der Waals surface area (Å²) in [6.07, 6.45) is 0. The monoisotopic (exact) mass is 145 g/mol. The van der Waals surface area contributed by atoms with Gasteiger partial charge < -0.3 is 10.1 Å². The summed E-state index contributed by atoms with van der Waals surface area (Å²) in [7, 11) is 0. The van der Waals surface area contributed by atoms with E-state index in [4.69, 9.17) is 4.74 Å². The molecule has 0 aliphatic carbocycles. The predicted molar refractivity (Wildman–Crippen MR) is 39.8 cm³/mol. The number of hydrogen-bond acceptors (Lipinski definition) is 3. The number of ether oxygens (including phenoxy) is 1. The first kappa shape index (κ1) is 9.43. The van der Waals surface area contributed by atoms with E-state index in [1.165, 1.54) is 0 Å². The number of nitrogens with one attached hydrogen (secondary N) is 1. The summed E-state index contributed by atoms with van der Waals surface area (Å²) in [6.45, 7) is 6.79. The van der Waals surface area contributed by atoms with Crippen LogP contribution in [0.15, 0.2) is 0 Å². The summed E-state index contributed by atoms with van der Waals surface area (Å²) in [6, 6.07) is -0.176. The van der Waals surface area contributed by atoms with Crippen molar-refractivity contribution in [2.45, 2.75) is 26.8 Å². The van der Waals surface area contributed by atoms with Crippen LogP contribution in [-0.4, -0.2) is 25.2 Å². The van der Waals surface area contributed by atoms with Gasteiger partial charge >= 0.3 is 5.97 Å². The highest BCUT2D eigenvalue weighted by Gasteiger charge is 2.10. The molecule has 0 aromatic rings. The Balaban J connectivity index is 3.49. The van der Waals surface area contributed by atoms with Gasteiger partial charge in [-0.2, -0.15) is 0 Å². The van der Waals surface area contributed by atoms with Gasteiger partial charge in [-0.25, -0.2) is 0 Å². The fourth-order valence-electron chi connectivity index (χ4n) is 0.657. The van der Waals surface area contributed by atoms with E-state index in [1.807, 2.05) is 6.92 Å². The van der Waals surface area contributed by atoms with Crippen molar-refractivity contribution in [3.05, 3.63) is 0 Å². The van der Waals surface area contributed by atoms with E-state index in [2.05, 4.69) is 5.32 Å². The van der Waals surface area contributed by atoms with Crippen LogP contribution in [0.25, 0.3) is 0 Å². The zero-order valence-electron chi connectivity index (χ0n) is 6.81. The molecule has 0 aliphatic rings. The summed E-state index contributed by atoms with van der Waals surface area (Å²) >= 11 is 0. The average Bonchev–Trinajstić information content (AvgIpc) is 1.89. The van der Waals surface area contributed by atoms with Crippen molar-refractivity contribution in [3.63, 3.8) is 0 Å². The zero-order chi connectivity index (χ0) is 7.98. The maximum absolute atomic E-state index is 10.8. The van der Waals surface area contributed by atoms with Crippen LogP contribution in [0.1, 0.15) is 20.8 Å². The summed E-state index contributed by atoms with van der Waals surface area (Å²) in [5.41, 5.74) is 0. The van der Waals surface area contributed by atoms with Crippen molar-refractivity contribution in [2.75, 3.05) is 13.2 Å². The van der Waals surface area contributed by atoms with E-state index in [0.717, 1.165) is 6.54 Å². The lowest BCUT2D eigenvalue weighted by molar-refractivity contribution is -0.145. The predicted octanol–water partition coefficient (Wildman–Crippen LogP) is 0.547. The highest BCUT2D eigenvalue weighted by Crippen LogP contribution is 1.85. The molecule has 0 saturated heterocycles. The molecule has 60 valence electrons. The number of hydrogen-bond donors (Lipinski definition) is 1. The Morgan fingerprint density at radius 3 is 2.60 bits per heavy atom. The Morgan fingerprint density at radius 1 is 1.60 bits per heavy atom. The molecular formula is C7H15NO2. The molecule has 0 fully saturated rings. The van der Waals surface area contributed by atoms with Crippen LogP contribution in [-0.2, 0) is 9.53 Å². The van der Waals surface area contributed by atoms with Gasteiger partial charge in [0, 0.05) is 0 Å². The summed E-state index contributed by atoms with van der Waals surface area (Å²) in [5, 5.41) is 2.96. The first-order chi connectivity index (χ1) is 4.72. The maximum Gasteiger partial charge on any atom is 0.322 e. The fourth-order valence-corrected chi connectivity index (χ4v) is 0.657. The average molecular weight is 145 g/mol. The van der Waals surface area contributed by atoms with Crippen LogP contribution in [0.2, 0.25) is 0 Å². The van der Waals surface area contributed by atoms with Gasteiger partial charge in [-0.15, -0.1) is 0 Å². The molecule has 0 unspecified atom stereocenters. The summed E-state index contributed by atoms with van der Waals surface area (Å²) in [4.78, 5) is 10.8. The Bertz CT molecular complexity index is 104. The van der Waals surface area contributed by atoms with Crippen LogP contribution in [0.4, 0.5) is 0 Å². The van der Waals surface area contributed by atoms with E-state index in [1.54, 1.807) is 13.8 Å². The van der Waals surface area contributed by atoms with Crippen molar-refractivity contribution < 1.29 is 9.53 Å². The quantitative estimate of drug-likeness (QED) is 0.587. The van der Waals surface area contributed by atoms with Crippen LogP contribution in [0.3, 0.4) is 0 Å². The Kier molecular flexibility index (Phi) is 4.94. The first-order valence-corrected chi connectivity index (χ1v) is 3.62. The Labute approximate surface area is 61.8 Å². The summed E-state index contributed by atoms with van der Waals surface area (Å²) < 4.78 is 4.75. The van der Waals surface area contributed by atoms with E-state index < -0.39 is 0 Å². The van der Waals surface area contributed by atoms with Gasteiger partial charge in [0.15, 0.2) is 0 Å². The molecular weight excluding hydrogens is 130 g/mol. The largest absolute Gasteiger partial charge is 0.465 e. The molecule has 0 aliphatic heterocycles. The molecule has 0 aromatic heterocycles. The van der Waals surface area contributed by atoms with E-state index in [0.29, 0.717) is 6.61 Å². The van der Waals surface area contributed by atoms with Crippen molar-refractivity contribution in [1.82, 2.24) is 5.32 Å². The number of likely N-dealkylation sites (N-methyl/N-ethyl adjacent to an activating group) is 1. The minimum Gasteiger partial charge on any atom is -0.465 e. The van der Waals surface area contributed by atoms with Gasteiger partial charge in [-0.05, 0) is 20.4 Å². The first-order valence-electron chi connectivity index (χ1n) is 3.62. The standard InChI is InChI=1S/C7H15NO2/c1-4-8-6(3)7(9)10-5-2/h6,8H,4-5H2,1-3H3/t6-/m1/s1. The summed E-state index contributed by atoms with van der Waals surface area (Å²) in [5.74, 6) is -0.177. The Morgan fingerprint density at radius 2 is 2.20 bits per heavy atom. The van der Waals surface area contributed by atoms with Gasteiger partial charge in [0.1, 0.15) is 6.04 Å². The van der Waals surface area contributed by atoms with Crippen molar-refractivity contribution in [3.8, 4) is 0 Å². The number of carbonyl (C=O) groups excluding carboxylic acids is 1. The molecule has 0 spiro atoms. The third kappa shape index (κ3) is 3.45. The van der Waals surface area contributed by atoms with Gasteiger partial charge in [0.2, 0.25) is 0 Å². The molecule has 0 amide bonds. The number of esters is 1. The molecule has 3 heteroatoms. The lowest BCUT2D eigenvalue weighted by Gasteiger charge is -2.09.